The second-order valence-corrected chi connectivity index (χ2v) is 9.66. The Kier molecular flexibility index (Phi) is 8.75. The fourth-order valence-electron chi connectivity index (χ4n) is 4.66. The Morgan fingerprint density at radius 3 is 2.44 bits per heavy atom. The summed E-state index contributed by atoms with van der Waals surface area (Å²) < 4.78 is 5.53. The van der Waals surface area contributed by atoms with E-state index < -0.39 is 0 Å². The predicted molar refractivity (Wildman–Crippen MR) is 145 cm³/mol. The van der Waals surface area contributed by atoms with Crippen LogP contribution in [0.2, 0.25) is 10.0 Å². The van der Waals surface area contributed by atoms with Crippen molar-refractivity contribution < 1.29 is 14.6 Å². The summed E-state index contributed by atoms with van der Waals surface area (Å²) in [4.78, 5) is 16.7. The summed E-state index contributed by atoms with van der Waals surface area (Å²) in [6.07, 6.45) is 0. The van der Waals surface area contributed by atoms with Gasteiger partial charge in [-0.15, -0.1) is 0 Å². The smallest absolute Gasteiger partial charge is 0.251 e. The monoisotopic (exact) mass is 527 g/mol. The lowest BCUT2D eigenvalue weighted by Crippen LogP contribution is -2.49. The average molecular weight is 528 g/mol. The van der Waals surface area contributed by atoms with Gasteiger partial charge in [0.1, 0.15) is 12.4 Å². The normalized spacial score (nSPS) is 17.0. The van der Waals surface area contributed by atoms with E-state index in [1.54, 1.807) is 13.1 Å². The molecule has 1 heterocycles. The molecule has 3 aromatic carbocycles. The van der Waals surface area contributed by atoms with E-state index in [9.17, 15) is 4.79 Å². The number of ether oxygens (including phenoxy) is 1. The molecule has 0 saturated carbocycles. The summed E-state index contributed by atoms with van der Waals surface area (Å²) in [7, 11) is 1.64. The molecule has 0 bridgehead atoms. The van der Waals surface area contributed by atoms with Gasteiger partial charge in [-0.1, -0.05) is 47.5 Å². The van der Waals surface area contributed by atoms with Gasteiger partial charge in [-0.3, -0.25) is 9.69 Å². The van der Waals surface area contributed by atoms with Crippen molar-refractivity contribution in [3.63, 3.8) is 0 Å². The van der Waals surface area contributed by atoms with E-state index in [4.69, 9.17) is 33.0 Å². The van der Waals surface area contributed by atoms with Gasteiger partial charge in [-0.2, -0.15) is 0 Å². The second kappa shape index (κ2) is 12.0. The highest BCUT2D eigenvalue weighted by Gasteiger charge is 2.32. The van der Waals surface area contributed by atoms with E-state index in [-0.39, 0.29) is 31.2 Å². The van der Waals surface area contributed by atoms with E-state index in [2.05, 4.69) is 34.2 Å². The van der Waals surface area contributed by atoms with Crippen molar-refractivity contribution in [1.82, 2.24) is 10.2 Å². The van der Waals surface area contributed by atoms with Crippen LogP contribution in [-0.4, -0.2) is 55.8 Å². The summed E-state index contributed by atoms with van der Waals surface area (Å²) >= 11 is 12.9. The van der Waals surface area contributed by atoms with E-state index in [0.29, 0.717) is 21.4 Å². The number of carbonyl (C=O) groups is 1. The molecule has 8 heteroatoms. The van der Waals surface area contributed by atoms with Crippen LogP contribution in [0, 0.1) is 0 Å². The Balaban J connectivity index is 1.59. The van der Waals surface area contributed by atoms with E-state index in [1.165, 1.54) is 0 Å². The van der Waals surface area contributed by atoms with Gasteiger partial charge in [0, 0.05) is 49.4 Å². The van der Waals surface area contributed by atoms with Crippen molar-refractivity contribution in [2.24, 2.45) is 0 Å². The fourth-order valence-corrected chi connectivity index (χ4v) is 5.06. The van der Waals surface area contributed by atoms with Crippen LogP contribution in [0.5, 0.6) is 5.75 Å². The molecule has 190 valence electrons. The third-order valence-electron chi connectivity index (χ3n) is 6.69. The highest BCUT2D eigenvalue weighted by atomic mass is 35.5. The number of hydrogen-bond acceptors (Lipinski definition) is 5. The Morgan fingerprint density at radius 1 is 1.08 bits per heavy atom. The van der Waals surface area contributed by atoms with Crippen molar-refractivity contribution in [3.8, 4) is 5.75 Å². The maximum absolute atomic E-state index is 11.9. The number of halogens is 2. The standard InChI is InChI=1S/C28H31Cl2N3O3/c1-19(20-3-5-22(6-4-20)28(35)31-2)32-13-14-33(27(18-32)21-7-9-23(29)10-8-21)26-12-11-24(17-25(26)30)36-16-15-34/h3-12,17,19,27,34H,13-16,18H2,1-2H3,(H,31,35)/t19?,27-/m0/s1. The van der Waals surface area contributed by atoms with Gasteiger partial charge in [0.15, 0.2) is 0 Å². The molecule has 1 aliphatic rings. The first-order valence-corrected chi connectivity index (χ1v) is 12.8. The molecule has 0 spiro atoms. The summed E-state index contributed by atoms with van der Waals surface area (Å²) in [5.41, 5.74) is 3.91. The van der Waals surface area contributed by atoms with E-state index >= 15 is 0 Å². The van der Waals surface area contributed by atoms with Gasteiger partial charge in [0.25, 0.3) is 5.91 Å². The Hall–Kier alpha value is -2.77. The molecule has 4 rings (SSSR count). The molecule has 1 aliphatic heterocycles. The summed E-state index contributed by atoms with van der Waals surface area (Å²) in [6, 6.07) is 21.7. The molecule has 0 radical (unpaired) electrons. The van der Waals surface area contributed by atoms with Crippen LogP contribution in [0.4, 0.5) is 5.69 Å². The van der Waals surface area contributed by atoms with Crippen LogP contribution >= 0.6 is 23.2 Å². The van der Waals surface area contributed by atoms with Gasteiger partial charge in [-0.05, 0) is 54.4 Å². The number of hydrogen-bond donors (Lipinski definition) is 2. The van der Waals surface area contributed by atoms with Crippen molar-refractivity contribution in [2.75, 3.05) is 44.8 Å². The SMILES string of the molecule is CNC(=O)c1ccc(C(C)N2CCN(c3ccc(OCCO)cc3Cl)[C@H](c3ccc(Cl)cc3)C2)cc1. The zero-order valence-corrected chi connectivity index (χ0v) is 22.0. The number of nitrogens with zero attached hydrogens (tertiary/aromatic N) is 2. The molecule has 1 fully saturated rings. The second-order valence-electron chi connectivity index (χ2n) is 8.82. The number of amides is 1. The molecular formula is C28H31Cl2N3O3. The minimum Gasteiger partial charge on any atom is -0.491 e. The number of carbonyl (C=O) groups excluding carboxylic acids is 1. The zero-order valence-electron chi connectivity index (χ0n) is 20.5. The van der Waals surface area contributed by atoms with Crippen molar-refractivity contribution >= 4 is 34.8 Å². The molecule has 36 heavy (non-hydrogen) atoms. The number of anilines is 1. The van der Waals surface area contributed by atoms with Crippen molar-refractivity contribution in [1.29, 1.82) is 0 Å². The molecule has 1 saturated heterocycles. The first-order valence-electron chi connectivity index (χ1n) is 12.0. The molecule has 0 aromatic heterocycles. The average Bonchev–Trinajstić information content (AvgIpc) is 2.91. The maximum atomic E-state index is 11.9. The van der Waals surface area contributed by atoms with Gasteiger partial charge in [0.2, 0.25) is 0 Å². The number of rotatable bonds is 8. The highest BCUT2D eigenvalue weighted by molar-refractivity contribution is 6.33. The third-order valence-corrected chi connectivity index (χ3v) is 7.24. The largest absolute Gasteiger partial charge is 0.491 e. The minimum atomic E-state index is -0.0877. The number of piperazine rings is 1. The Labute approximate surface area is 222 Å². The zero-order chi connectivity index (χ0) is 25.7. The highest BCUT2D eigenvalue weighted by Crippen LogP contribution is 2.39. The molecule has 6 nitrogen and oxygen atoms in total. The van der Waals surface area contributed by atoms with Gasteiger partial charge in [0.05, 0.1) is 23.4 Å². The fraction of sp³-hybridized carbons (Fsp3) is 0.321. The molecule has 0 aliphatic carbocycles. The lowest BCUT2D eigenvalue weighted by molar-refractivity contribution is 0.0963. The summed E-state index contributed by atoms with van der Waals surface area (Å²) in [5, 5.41) is 13.0. The molecule has 1 amide bonds. The molecular weight excluding hydrogens is 497 g/mol. The van der Waals surface area contributed by atoms with Crippen LogP contribution in [0.15, 0.2) is 66.7 Å². The molecule has 3 aromatic rings. The lowest BCUT2D eigenvalue weighted by atomic mass is 9.98. The molecule has 1 unspecified atom stereocenters. The van der Waals surface area contributed by atoms with E-state index in [1.807, 2.05) is 48.5 Å². The van der Waals surface area contributed by atoms with Gasteiger partial charge in [-0.25, -0.2) is 0 Å². The molecule has 2 atom stereocenters. The van der Waals surface area contributed by atoms with Crippen LogP contribution in [0.25, 0.3) is 0 Å². The van der Waals surface area contributed by atoms with Crippen molar-refractivity contribution in [3.05, 3.63) is 93.5 Å². The van der Waals surface area contributed by atoms with Crippen LogP contribution in [0.1, 0.15) is 40.5 Å². The van der Waals surface area contributed by atoms with Crippen LogP contribution < -0.4 is 15.0 Å². The number of benzene rings is 3. The lowest BCUT2D eigenvalue weighted by Gasteiger charge is -2.45. The maximum Gasteiger partial charge on any atom is 0.251 e. The summed E-state index contributed by atoms with van der Waals surface area (Å²) in [6.45, 7) is 4.80. The first-order chi connectivity index (χ1) is 17.4. The minimum absolute atomic E-state index is 0.0489. The Bertz CT molecular complexity index is 1170. The van der Waals surface area contributed by atoms with Gasteiger partial charge >= 0.3 is 0 Å². The number of aliphatic hydroxyl groups is 1. The van der Waals surface area contributed by atoms with E-state index in [0.717, 1.165) is 36.4 Å². The van der Waals surface area contributed by atoms with Crippen LogP contribution in [-0.2, 0) is 0 Å². The topological polar surface area (TPSA) is 65.0 Å². The van der Waals surface area contributed by atoms with Crippen LogP contribution in [0.3, 0.4) is 0 Å². The first kappa shape index (κ1) is 26.3. The van der Waals surface area contributed by atoms with Crippen molar-refractivity contribution in [2.45, 2.75) is 19.0 Å². The number of aliphatic hydroxyl groups excluding tert-OH is 1. The number of nitrogens with one attached hydrogen (secondary N) is 1. The van der Waals surface area contributed by atoms with Gasteiger partial charge < -0.3 is 20.1 Å². The predicted octanol–water partition coefficient (Wildman–Crippen LogP) is 5.35. The molecule has 2 N–H and O–H groups in total. The quantitative estimate of drug-likeness (QED) is 0.413. The summed E-state index contributed by atoms with van der Waals surface area (Å²) in [5.74, 6) is 0.545. The Morgan fingerprint density at radius 2 is 1.81 bits per heavy atom. The third kappa shape index (κ3) is 5.95.